The molecule has 5 rings (SSSR count). The number of nitrogens with zero attached hydrogens (tertiary/aromatic N) is 5. The van der Waals surface area contributed by atoms with Crippen molar-refractivity contribution in [2.24, 2.45) is 0 Å². The van der Waals surface area contributed by atoms with Crippen LogP contribution < -0.4 is 0 Å². The number of imidazole rings is 1. The van der Waals surface area contributed by atoms with E-state index in [1.54, 1.807) is 30.2 Å². The highest BCUT2D eigenvalue weighted by atomic mass is 32.2. The van der Waals surface area contributed by atoms with Gasteiger partial charge in [-0.25, -0.2) is 23.4 Å². The minimum absolute atomic E-state index is 0.277. The highest BCUT2D eigenvalue weighted by Crippen LogP contribution is 2.30. The lowest BCUT2D eigenvalue weighted by Gasteiger charge is -2.26. The Balaban J connectivity index is 1.47. The van der Waals surface area contributed by atoms with Crippen molar-refractivity contribution in [3.8, 4) is 0 Å². The molecule has 0 bridgehead atoms. The molecule has 4 aromatic rings. The van der Waals surface area contributed by atoms with Crippen LogP contribution in [0.3, 0.4) is 0 Å². The first-order valence-corrected chi connectivity index (χ1v) is 13.4. The molecule has 3 heterocycles. The highest BCUT2D eigenvalue weighted by molar-refractivity contribution is 7.98. The second-order valence-electron chi connectivity index (χ2n) is 7.83. The Labute approximate surface area is 197 Å². The van der Waals surface area contributed by atoms with E-state index < -0.39 is 10.0 Å². The fourth-order valence-corrected chi connectivity index (χ4v) is 6.43. The van der Waals surface area contributed by atoms with Gasteiger partial charge in [-0.2, -0.15) is 4.31 Å². The SMILES string of the molecule is CCCn1c(CSc2ncnc3ccccc23)nc2cc(S(=O)(=O)N3CCOCC3)ccc21. The van der Waals surface area contributed by atoms with Gasteiger partial charge >= 0.3 is 0 Å². The van der Waals surface area contributed by atoms with Crippen LogP contribution in [0.1, 0.15) is 19.2 Å². The molecule has 8 nitrogen and oxygen atoms in total. The molecular formula is C23H25N5O3S2. The molecule has 0 spiro atoms. The Morgan fingerprint density at radius 3 is 2.70 bits per heavy atom. The van der Waals surface area contributed by atoms with Crippen molar-refractivity contribution in [3.63, 3.8) is 0 Å². The number of aryl methyl sites for hydroxylation is 1. The summed E-state index contributed by atoms with van der Waals surface area (Å²) in [7, 11) is -3.57. The van der Waals surface area contributed by atoms with Gasteiger partial charge in [-0.1, -0.05) is 36.9 Å². The average Bonchev–Trinajstić information content (AvgIpc) is 3.20. The van der Waals surface area contributed by atoms with Crippen molar-refractivity contribution < 1.29 is 13.2 Å². The minimum atomic E-state index is -3.57. The van der Waals surface area contributed by atoms with Gasteiger partial charge in [0.1, 0.15) is 17.2 Å². The number of sulfonamides is 1. The Kier molecular flexibility index (Phi) is 6.33. The number of hydrogen-bond acceptors (Lipinski definition) is 7. The summed E-state index contributed by atoms with van der Waals surface area (Å²) in [5.74, 6) is 1.53. The third-order valence-electron chi connectivity index (χ3n) is 5.70. The number of benzene rings is 2. The molecule has 0 N–H and O–H groups in total. The number of thioether (sulfide) groups is 1. The average molecular weight is 484 g/mol. The number of hydrogen-bond donors (Lipinski definition) is 0. The van der Waals surface area contributed by atoms with Gasteiger partial charge in [0.2, 0.25) is 10.0 Å². The van der Waals surface area contributed by atoms with E-state index in [1.165, 1.54) is 4.31 Å². The summed E-state index contributed by atoms with van der Waals surface area (Å²) < 4.78 is 35.2. The molecule has 1 aliphatic rings. The molecule has 0 saturated carbocycles. The van der Waals surface area contributed by atoms with Crippen LogP contribution in [-0.2, 0) is 27.1 Å². The van der Waals surface area contributed by atoms with Gasteiger partial charge in [-0.3, -0.25) is 0 Å². The summed E-state index contributed by atoms with van der Waals surface area (Å²) in [5, 5.41) is 1.92. The summed E-state index contributed by atoms with van der Waals surface area (Å²) in [6.07, 6.45) is 2.54. The fraction of sp³-hybridized carbons (Fsp3) is 0.348. The van der Waals surface area contributed by atoms with E-state index in [0.717, 1.165) is 40.2 Å². The maximum Gasteiger partial charge on any atom is 0.243 e. The van der Waals surface area contributed by atoms with Crippen molar-refractivity contribution in [2.75, 3.05) is 26.3 Å². The summed E-state index contributed by atoms with van der Waals surface area (Å²) >= 11 is 1.62. The van der Waals surface area contributed by atoms with Crippen molar-refractivity contribution in [2.45, 2.75) is 35.6 Å². The van der Waals surface area contributed by atoms with Gasteiger partial charge in [0.05, 0.1) is 40.4 Å². The van der Waals surface area contributed by atoms with Gasteiger partial charge < -0.3 is 9.30 Å². The van der Waals surface area contributed by atoms with E-state index in [0.29, 0.717) is 37.6 Å². The molecule has 0 atom stereocenters. The smallest absolute Gasteiger partial charge is 0.243 e. The molecular weight excluding hydrogens is 458 g/mol. The zero-order chi connectivity index (χ0) is 22.8. The lowest BCUT2D eigenvalue weighted by Crippen LogP contribution is -2.40. The van der Waals surface area contributed by atoms with Gasteiger partial charge in [0.15, 0.2) is 0 Å². The lowest BCUT2D eigenvalue weighted by molar-refractivity contribution is 0.0730. The Morgan fingerprint density at radius 1 is 1.06 bits per heavy atom. The topological polar surface area (TPSA) is 90.2 Å². The van der Waals surface area contributed by atoms with Crippen LogP contribution in [0.15, 0.2) is 58.7 Å². The van der Waals surface area contributed by atoms with Gasteiger partial charge in [0.25, 0.3) is 0 Å². The largest absolute Gasteiger partial charge is 0.379 e. The molecule has 10 heteroatoms. The molecule has 0 radical (unpaired) electrons. The number of para-hydroxylation sites is 1. The second kappa shape index (κ2) is 9.38. The Bertz CT molecular complexity index is 1390. The molecule has 1 aliphatic heterocycles. The van der Waals surface area contributed by atoms with Crippen molar-refractivity contribution in [1.82, 2.24) is 23.8 Å². The van der Waals surface area contributed by atoms with Crippen molar-refractivity contribution >= 4 is 43.7 Å². The van der Waals surface area contributed by atoms with E-state index in [2.05, 4.69) is 21.5 Å². The van der Waals surface area contributed by atoms with Gasteiger partial charge in [-0.15, -0.1) is 0 Å². The maximum absolute atomic E-state index is 13.1. The predicted octanol–water partition coefficient (Wildman–Crippen LogP) is 3.70. The van der Waals surface area contributed by atoms with E-state index in [9.17, 15) is 8.42 Å². The molecule has 33 heavy (non-hydrogen) atoms. The summed E-state index contributed by atoms with van der Waals surface area (Å²) in [6.45, 7) is 4.53. The summed E-state index contributed by atoms with van der Waals surface area (Å²) in [5.41, 5.74) is 2.55. The molecule has 172 valence electrons. The maximum atomic E-state index is 13.1. The standard InChI is InChI=1S/C23H25N5O3S2/c1-2-9-28-21-8-7-17(33(29,30)27-10-12-31-13-11-27)14-20(21)26-22(28)15-32-23-18-5-3-4-6-19(18)24-16-25-23/h3-8,14,16H,2,9-13,15H2,1H3. The lowest BCUT2D eigenvalue weighted by atomic mass is 10.2. The Hall–Kier alpha value is -2.53. The summed E-state index contributed by atoms with van der Waals surface area (Å²) in [6, 6.07) is 13.2. The minimum Gasteiger partial charge on any atom is -0.379 e. The molecule has 0 amide bonds. The van der Waals surface area contributed by atoms with Crippen LogP contribution in [0.4, 0.5) is 0 Å². The second-order valence-corrected chi connectivity index (χ2v) is 10.7. The monoisotopic (exact) mass is 483 g/mol. The number of morpholine rings is 1. The van der Waals surface area contributed by atoms with Gasteiger partial charge in [-0.05, 0) is 30.7 Å². The molecule has 2 aromatic carbocycles. The summed E-state index contributed by atoms with van der Waals surface area (Å²) in [4.78, 5) is 13.9. The van der Waals surface area contributed by atoms with E-state index in [4.69, 9.17) is 9.72 Å². The number of fused-ring (bicyclic) bond motifs is 2. The zero-order valence-electron chi connectivity index (χ0n) is 18.3. The van der Waals surface area contributed by atoms with E-state index >= 15 is 0 Å². The van der Waals surface area contributed by atoms with Crippen LogP contribution in [0.25, 0.3) is 21.9 Å². The van der Waals surface area contributed by atoms with Crippen molar-refractivity contribution in [3.05, 3.63) is 54.6 Å². The van der Waals surface area contributed by atoms with Crippen molar-refractivity contribution in [1.29, 1.82) is 0 Å². The van der Waals surface area contributed by atoms with Gasteiger partial charge in [0, 0.05) is 25.0 Å². The zero-order valence-corrected chi connectivity index (χ0v) is 20.0. The molecule has 0 aliphatic carbocycles. The van der Waals surface area contributed by atoms with Crippen LogP contribution in [0.5, 0.6) is 0 Å². The third-order valence-corrected chi connectivity index (χ3v) is 8.59. The van der Waals surface area contributed by atoms with Crippen LogP contribution >= 0.6 is 11.8 Å². The first-order valence-electron chi connectivity index (χ1n) is 11.0. The predicted molar refractivity (Wildman–Crippen MR) is 129 cm³/mol. The normalized spacial score (nSPS) is 15.4. The third kappa shape index (κ3) is 4.35. The Morgan fingerprint density at radius 2 is 1.88 bits per heavy atom. The molecule has 2 aromatic heterocycles. The molecule has 1 saturated heterocycles. The first-order chi connectivity index (χ1) is 16.1. The molecule has 1 fully saturated rings. The fourth-order valence-electron chi connectivity index (χ4n) is 4.07. The quantitative estimate of drug-likeness (QED) is 0.292. The van der Waals surface area contributed by atoms with Crippen LogP contribution in [0.2, 0.25) is 0 Å². The van der Waals surface area contributed by atoms with E-state index in [-0.39, 0.29) is 4.90 Å². The first kappa shape index (κ1) is 22.3. The van der Waals surface area contributed by atoms with E-state index in [1.807, 2.05) is 30.3 Å². The van der Waals surface area contributed by atoms with Crippen LogP contribution in [0, 0.1) is 0 Å². The highest BCUT2D eigenvalue weighted by Gasteiger charge is 2.27. The molecule has 0 unspecified atom stereocenters. The number of ether oxygens (including phenoxy) is 1. The van der Waals surface area contributed by atoms with Crippen LogP contribution in [-0.4, -0.2) is 58.5 Å². The number of rotatable bonds is 7. The number of aromatic nitrogens is 4.